The topological polar surface area (TPSA) is 46.9 Å². The predicted octanol–water partition coefficient (Wildman–Crippen LogP) is 3.47. The number of rotatable bonds is 3. The number of aromatic nitrogens is 2. The highest BCUT2D eigenvalue weighted by Crippen LogP contribution is 2.16. The van der Waals surface area contributed by atoms with Crippen molar-refractivity contribution in [2.75, 3.05) is 0 Å². The summed E-state index contributed by atoms with van der Waals surface area (Å²) in [6.07, 6.45) is 0. The third kappa shape index (κ3) is 2.83. The van der Waals surface area contributed by atoms with Crippen LogP contribution in [-0.2, 0) is 13.6 Å². The lowest BCUT2D eigenvalue weighted by molar-refractivity contribution is 0.0951. The Morgan fingerprint density at radius 1 is 1.23 bits per heavy atom. The Morgan fingerprint density at radius 2 is 1.95 bits per heavy atom. The van der Waals surface area contributed by atoms with Gasteiger partial charge in [0.1, 0.15) is 5.82 Å². The third-order valence-corrected chi connectivity index (χ3v) is 3.98. The van der Waals surface area contributed by atoms with E-state index in [1.165, 1.54) is 0 Å². The molecule has 0 radical (unpaired) electrons. The van der Waals surface area contributed by atoms with Crippen molar-refractivity contribution in [2.24, 2.45) is 7.05 Å². The molecule has 112 valence electrons. The number of carbonyl (C=O) groups is 1. The highest BCUT2D eigenvalue weighted by molar-refractivity contribution is 6.30. The molecule has 0 bridgehead atoms. The van der Waals surface area contributed by atoms with E-state index in [2.05, 4.69) is 10.3 Å². The largest absolute Gasteiger partial charge is 0.348 e. The number of nitrogens with one attached hydrogen (secondary N) is 1. The molecular formula is C17H16ClN3O. The van der Waals surface area contributed by atoms with Crippen molar-refractivity contribution in [1.82, 2.24) is 14.9 Å². The molecule has 1 N–H and O–H groups in total. The fourth-order valence-corrected chi connectivity index (χ4v) is 2.47. The monoisotopic (exact) mass is 313 g/mol. The molecule has 0 aliphatic heterocycles. The van der Waals surface area contributed by atoms with Crippen LogP contribution in [0.4, 0.5) is 0 Å². The zero-order valence-corrected chi connectivity index (χ0v) is 13.2. The Balaban J connectivity index is 1.75. The Morgan fingerprint density at radius 3 is 2.68 bits per heavy atom. The second-order valence-corrected chi connectivity index (χ2v) is 5.67. The number of imidazole rings is 1. The van der Waals surface area contributed by atoms with Gasteiger partial charge in [-0.25, -0.2) is 4.98 Å². The number of nitrogens with zero attached hydrogens (tertiary/aromatic N) is 2. The Bertz CT molecular complexity index is 837. The second kappa shape index (κ2) is 5.81. The summed E-state index contributed by atoms with van der Waals surface area (Å²) in [7, 11) is 1.96. The van der Waals surface area contributed by atoms with Crippen molar-refractivity contribution in [3.8, 4) is 0 Å². The summed E-state index contributed by atoms with van der Waals surface area (Å²) in [4.78, 5) is 16.7. The average Bonchev–Trinajstić information content (AvgIpc) is 2.80. The van der Waals surface area contributed by atoms with Gasteiger partial charge in [-0.05, 0) is 42.8 Å². The first kappa shape index (κ1) is 14.6. The van der Waals surface area contributed by atoms with Gasteiger partial charge < -0.3 is 9.88 Å². The quantitative estimate of drug-likeness (QED) is 0.805. The maximum absolute atomic E-state index is 12.2. The number of fused-ring (bicyclic) bond motifs is 1. The molecule has 3 aromatic rings. The Kier molecular flexibility index (Phi) is 3.86. The third-order valence-electron chi connectivity index (χ3n) is 3.73. The van der Waals surface area contributed by atoms with Gasteiger partial charge in [0.15, 0.2) is 0 Å². The zero-order chi connectivity index (χ0) is 15.7. The molecule has 0 aliphatic carbocycles. The molecule has 22 heavy (non-hydrogen) atoms. The van der Waals surface area contributed by atoms with E-state index in [0.717, 1.165) is 22.4 Å². The van der Waals surface area contributed by atoms with E-state index in [1.807, 2.05) is 61.0 Å². The molecule has 0 unspecified atom stereocenters. The lowest BCUT2D eigenvalue weighted by Crippen LogP contribution is -2.22. The molecular weight excluding hydrogens is 298 g/mol. The number of halogens is 1. The van der Waals surface area contributed by atoms with E-state index >= 15 is 0 Å². The SMILES string of the molecule is Cc1nc2cc(C(=O)NCc3ccc(Cl)cc3)ccc2n1C. The summed E-state index contributed by atoms with van der Waals surface area (Å²) in [5, 5.41) is 3.59. The van der Waals surface area contributed by atoms with E-state index in [-0.39, 0.29) is 5.91 Å². The minimum absolute atomic E-state index is 0.111. The van der Waals surface area contributed by atoms with Crippen LogP contribution in [0.3, 0.4) is 0 Å². The Labute approximate surface area is 133 Å². The van der Waals surface area contributed by atoms with Gasteiger partial charge in [0.2, 0.25) is 0 Å². The number of hydrogen-bond acceptors (Lipinski definition) is 2. The van der Waals surface area contributed by atoms with Crippen LogP contribution in [-0.4, -0.2) is 15.5 Å². The molecule has 0 saturated carbocycles. The molecule has 4 nitrogen and oxygen atoms in total. The molecule has 0 saturated heterocycles. The highest BCUT2D eigenvalue weighted by atomic mass is 35.5. The summed E-state index contributed by atoms with van der Waals surface area (Å²) in [6, 6.07) is 13.0. The maximum Gasteiger partial charge on any atom is 0.251 e. The van der Waals surface area contributed by atoms with Crippen molar-refractivity contribution in [3.05, 3.63) is 64.4 Å². The van der Waals surface area contributed by atoms with E-state index in [4.69, 9.17) is 11.6 Å². The lowest BCUT2D eigenvalue weighted by Gasteiger charge is -2.06. The first-order chi connectivity index (χ1) is 10.5. The molecule has 0 atom stereocenters. The van der Waals surface area contributed by atoms with Gasteiger partial charge in [0, 0.05) is 24.2 Å². The van der Waals surface area contributed by atoms with E-state index in [0.29, 0.717) is 17.1 Å². The summed E-state index contributed by atoms with van der Waals surface area (Å²) >= 11 is 5.84. The second-order valence-electron chi connectivity index (χ2n) is 5.23. The minimum atomic E-state index is -0.111. The number of aryl methyl sites for hydroxylation is 2. The van der Waals surface area contributed by atoms with Gasteiger partial charge in [0.05, 0.1) is 11.0 Å². The van der Waals surface area contributed by atoms with Gasteiger partial charge in [-0.1, -0.05) is 23.7 Å². The Hall–Kier alpha value is -2.33. The summed E-state index contributed by atoms with van der Waals surface area (Å²) in [6.45, 7) is 2.41. The van der Waals surface area contributed by atoms with Crippen molar-refractivity contribution in [2.45, 2.75) is 13.5 Å². The molecule has 0 fully saturated rings. The molecule has 1 heterocycles. The van der Waals surface area contributed by atoms with Crippen LogP contribution < -0.4 is 5.32 Å². The first-order valence-electron chi connectivity index (χ1n) is 7.00. The summed E-state index contributed by atoms with van der Waals surface area (Å²) in [5.74, 6) is 0.814. The number of amides is 1. The van der Waals surface area contributed by atoms with Crippen LogP contribution in [0.2, 0.25) is 5.02 Å². The molecule has 0 aliphatic rings. The molecule has 0 spiro atoms. The van der Waals surface area contributed by atoms with Gasteiger partial charge >= 0.3 is 0 Å². The van der Waals surface area contributed by atoms with Gasteiger partial charge in [-0.2, -0.15) is 0 Å². The van der Waals surface area contributed by atoms with Crippen molar-refractivity contribution >= 4 is 28.5 Å². The smallest absolute Gasteiger partial charge is 0.251 e. The normalized spacial score (nSPS) is 10.9. The van der Waals surface area contributed by atoms with Gasteiger partial charge in [-0.3, -0.25) is 4.79 Å². The van der Waals surface area contributed by atoms with E-state index in [1.54, 1.807) is 0 Å². The number of carbonyl (C=O) groups excluding carboxylic acids is 1. The van der Waals surface area contributed by atoms with Crippen LogP contribution in [0, 0.1) is 6.92 Å². The number of benzene rings is 2. The van der Waals surface area contributed by atoms with E-state index < -0.39 is 0 Å². The van der Waals surface area contributed by atoms with Crippen molar-refractivity contribution in [3.63, 3.8) is 0 Å². The fourth-order valence-electron chi connectivity index (χ4n) is 2.35. The van der Waals surface area contributed by atoms with Crippen molar-refractivity contribution in [1.29, 1.82) is 0 Å². The average molecular weight is 314 g/mol. The highest BCUT2D eigenvalue weighted by Gasteiger charge is 2.09. The van der Waals surface area contributed by atoms with Crippen LogP contribution in [0.1, 0.15) is 21.7 Å². The van der Waals surface area contributed by atoms with Gasteiger partial charge in [0.25, 0.3) is 5.91 Å². The number of hydrogen-bond donors (Lipinski definition) is 1. The summed E-state index contributed by atoms with van der Waals surface area (Å²) in [5.41, 5.74) is 3.47. The predicted molar refractivity (Wildman–Crippen MR) is 88.1 cm³/mol. The molecule has 1 aromatic heterocycles. The molecule has 5 heteroatoms. The molecule has 3 rings (SSSR count). The zero-order valence-electron chi connectivity index (χ0n) is 12.4. The van der Waals surface area contributed by atoms with Crippen LogP contribution in [0.5, 0.6) is 0 Å². The molecule has 2 aromatic carbocycles. The minimum Gasteiger partial charge on any atom is -0.348 e. The lowest BCUT2D eigenvalue weighted by atomic mass is 10.1. The standard InChI is InChI=1S/C17H16ClN3O/c1-11-20-15-9-13(5-8-16(15)21(11)2)17(22)19-10-12-3-6-14(18)7-4-12/h3-9H,10H2,1-2H3,(H,19,22). The molecule has 1 amide bonds. The van der Waals surface area contributed by atoms with E-state index in [9.17, 15) is 4.79 Å². The van der Waals surface area contributed by atoms with Crippen LogP contribution in [0.25, 0.3) is 11.0 Å². The summed E-state index contributed by atoms with van der Waals surface area (Å²) < 4.78 is 2.00. The first-order valence-corrected chi connectivity index (χ1v) is 7.38. The van der Waals surface area contributed by atoms with Crippen LogP contribution in [0.15, 0.2) is 42.5 Å². The fraction of sp³-hybridized carbons (Fsp3) is 0.176. The van der Waals surface area contributed by atoms with Crippen LogP contribution >= 0.6 is 11.6 Å². The maximum atomic E-state index is 12.2. The van der Waals surface area contributed by atoms with Crippen molar-refractivity contribution < 1.29 is 4.79 Å². The van der Waals surface area contributed by atoms with Gasteiger partial charge in [-0.15, -0.1) is 0 Å².